The third kappa shape index (κ3) is 1.12. The SMILES string of the molecule is CC(C)c1nnc(C2(O)CC2)o1. The molecule has 66 valence electrons. The van der Waals surface area contributed by atoms with Crippen LogP contribution in [0.25, 0.3) is 0 Å². The minimum absolute atomic E-state index is 0.230. The molecule has 0 aliphatic heterocycles. The van der Waals surface area contributed by atoms with Gasteiger partial charge in [-0.25, -0.2) is 0 Å². The van der Waals surface area contributed by atoms with E-state index in [-0.39, 0.29) is 5.92 Å². The predicted octanol–water partition coefficient (Wildman–Crippen LogP) is 1.17. The molecule has 0 radical (unpaired) electrons. The summed E-state index contributed by atoms with van der Waals surface area (Å²) in [4.78, 5) is 0. The largest absolute Gasteiger partial charge is 0.422 e. The molecule has 0 saturated heterocycles. The molecule has 1 aromatic rings. The molecule has 1 aromatic heterocycles. The summed E-state index contributed by atoms with van der Waals surface area (Å²) in [6, 6.07) is 0. The summed E-state index contributed by atoms with van der Waals surface area (Å²) in [5.74, 6) is 1.21. The van der Waals surface area contributed by atoms with Crippen molar-refractivity contribution < 1.29 is 9.52 Å². The maximum absolute atomic E-state index is 9.60. The Balaban J connectivity index is 2.25. The van der Waals surface area contributed by atoms with Crippen molar-refractivity contribution in [1.29, 1.82) is 0 Å². The zero-order valence-corrected chi connectivity index (χ0v) is 7.24. The Morgan fingerprint density at radius 3 is 2.50 bits per heavy atom. The van der Waals surface area contributed by atoms with Gasteiger partial charge in [0.2, 0.25) is 11.8 Å². The summed E-state index contributed by atoms with van der Waals surface area (Å²) < 4.78 is 5.30. The van der Waals surface area contributed by atoms with Gasteiger partial charge in [-0.05, 0) is 12.8 Å². The standard InChI is InChI=1S/C8H12N2O2/c1-5(2)6-9-10-7(12-6)8(11)3-4-8/h5,11H,3-4H2,1-2H3. The first kappa shape index (κ1) is 7.73. The molecule has 2 rings (SSSR count). The molecular formula is C8H12N2O2. The smallest absolute Gasteiger partial charge is 0.247 e. The van der Waals surface area contributed by atoms with Crippen molar-refractivity contribution in [3.63, 3.8) is 0 Å². The first-order valence-electron chi connectivity index (χ1n) is 4.18. The molecule has 1 N–H and O–H groups in total. The molecule has 1 heterocycles. The van der Waals surface area contributed by atoms with Gasteiger partial charge in [0.05, 0.1) is 0 Å². The van der Waals surface area contributed by atoms with Gasteiger partial charge < -0.3 is 9.52 Å². The van der Waals surface area contributed by atoms with Crippen LogP contribution in [0.2, 0.25) is 0 Å². The Morgan fingerprint density at radius 1 is 1.42 bits per heavy atom. The van der Waals surface area contributed by atoms with Gasteiger partial charge in [-0.15, -0.1) is 10.2 Å². The van der Waals surface area contributed by atoms with Gasteiger partial charge in [-0.2, -0.15) is 0 Å². The van der Waals surface area contributed by atoms with Crippen molar-refractivity contribution in [2.45, 2.75) is 38.2 Å². The molecule has 1 saturated carbocycles. The first-order valence-corrected chi connectivity index (χ1v) is 4.18. The second-order valence-electron chi connectivity index (χ2n) is 3.63. The average molecular weight is 168 g/mol. The van der Waals surface area contributed by atoms with Crippen LogP contribution in [-0.4, -0.2) is 15.3 Å². The fourth-order valence-corrected chi connectivity index (χ4v) is 0.988. The molecule has 0 atom stereocenters. The second-order valence-corrected chi connectivity index (χ2v) is 3.63. The fourth-order valence-electron chi connectivity index (χ4n) is 0.988. The maximum Gasteiger partial charge on any atom is 0.247 e. The summed E-state index contributed by atoms with van der Waals surface area (Å²) in [5, 5.41) is 17.2. The van der Waals surface area contributed by atoms with Crippen molar-refractivity contribution >= 4 is 0 Å². The van der Waals surface area contributed by atoms with Crippen LogP contribution in [-0.2, 0) is 5.60 Å². The molecule has 0 bridgehead atoms. The van der Waals surface area contributed by atoms with E-state index >= 15 is 0 Å². The number of hydrogen-bond donors (Lipinski definition) is 1. The molecule has 0 spiro atoms. The zero-order valence-electron chi connectivity index (χ0n) is 7.24. The van der Waals surface area contributed by atoms with Crippen molar-refractivity contribution in [2.75, 3.05) is 0 Å². The quantitative estimate of drug-likeness (QED) is 0.720. The van der Waals surface area contributed by atoms with E-state index in [1.54, 1.807) is 0 Å². The van der Waals surface area contributed by atoms with Gasteiger partial charge in [0.25, 0.3) is 0 Å². The number of nitrogens with zero attached hydrogens (tertiary/aromatic N) is 2. The van der Waals surface area contributed by atoms with Gasteiger partial charge in [-0.1, -0.05) is 13.8 Å². The number of aromatic nitrogens is 2. The maximum atomic E-state index is 9.60. The van der Waals surface area contributed by atoms with E-state index in [0.29, 0.717) is 11.8 Å². The van der Waals surface area contributed by atoms with E-state index in [1.165, 1.54) is 0 Å². The van der Waals surface area contributed by atoms with Crippen LogP contribution in [0.5, 0.6) is 0 Å². The van der Waals surface area contributed by atoms with E-state index < -0.39 is 5.60 Å². The van der Waals surface area contributed by atoms with E-state index in [2.05, 4.69) is 10.2 Å². The van der Waals surface area contributed by atoms with Crippen molar-refractivity contribution in [3.8, 4) is 0 Å². The van der Waals surface area contributed by atoms with Crippen LogP contribution < -0.4 is 0 Å². The zero-order chi connectivity index (χ0) is 8.77. The summed E-state index contributed by atoms with van der Waals surface area (Å²) in [6.45, 7) is 3.96. The summed E-state index contributed by atoms with van der Waals surface area (Å²) in [6.07, 6.45) is 1.49. The Bertz CT molecular complexity index is 289. The van der Waals surface area contributed by atoms with Crippen LogP contribution in [0.15, 0.2) is 4.42 Å². The van der Waals surface area contributed by atoms with Crippen LogP contribution in [0.1, 0.15) is 44.4 Å². The van der Waals surface area contributed by atoms with Gasteiger partial charge in [0.15, 0.2) is 0 Å². The monoisotopic (exact) mass is 168 g/mol. The van der Waals surface area contributed by atoms with Crippen LogP contribution in [0.3, 0.4) is 0 Å². The van der Waals surface area contributed by atoms with Gasteiger partial charge in [-0.3, -0.25) is 0 Å². The van der Waals surface area contributed by atoms with Crippen molar-refractivity contribution in [2.24, 2.45) is 0 Å². The fraction of sp³-hybridized carbons (Fsp3) is 0.750. The minimum Gasteiger partial charge on any atom is -0.422 e. The summed E-state index contributed by atoms with van der Waals surface area (Å²) in [5.41, 5.74) is -0.792. The highest BCUT2D eigenvalue weighted by atomic mass is 16.4. The Hall–Kier alpha value is -0.900. The van der Waals surface area contributed by atoms with E-state index in [0.717, 1.165) is 12.8 Å². The Kier molecular flexibility index (Phi) is 1.48. The van der Waals surface area contributed by atoms with E-state index in [9.17, 15) is 5.11 Å². The Morgan fingerprint density at radius 2 is 2.08 bits per heavy atom. The molecule has 1 fully saturated rings. The molecule has 0 aromatic carbocycles. The van der Waals surface area contributed by atoms with Gasteiger partial charge >= 0.3 is 0 Å². The highest BCUT2D eigenvalue weighted by Crippen LogP contribution is 2.44. The molecule has 4 nitrogen and oxygen atoms in total. The molecule has 0 amide bonds. The van der Waals surface area contributed by atoms with Gasteiger partial charge in [0, 0.05) is 5.92 Å². The third-order valence-electron chi connectivity index (χ3n) is 2.06. The lowest BCUT2D eigenvalue weighted by molar-refractivity contribution is 0.115. The second kappa shape index (κ2) is 2.29. The lowest BCUT2D eigenvalue weighted by Crippen LogP contribution is -2.03. The third-order valence-corrected chi connectivity index (χ3v) is 2.06. The Labute approximate surface area is 70.6 Å². The average Bonchev–Trinajstić information content (AvgIpc) is 2.61. The topological polar surface area (TPSA) is 59.2 Å². The van der Waals surface area contributed by atoms with Crippen LogP contribution in [0, 0.1) is 0 Å². The van der Waals surface area contributed by atoms with Crippen LogP contribution >= 0.6 is 0 Å². The predicted molar refractivity (Wildman–Crippen MR) is 41.5 cm³/mol. The molecule has 4 heteroatoms. The lowest BCUT2D eigenvalue weighted by Gasteiger charge is -1.99. The minimum atomic E-state index is -0.792. The number of aliphatic hydroxyl groups is 1. The van der Waals surface area contributed by atoms with Crippen molar-refractivity contribution in [1.82, 2.24) is 10.2 Å². The number of hydrogen-bond acceptors (Lipinski definition) is 4. The summed E-state index contributed by atoms with van der Waals surface area (Å²) >= 11 is 0. The van der Waals surface area contributed by atoms with Crippen LogP contribution in [0.4, 0.5) is 0 Å². The normalized spacial score (nSPS) is 20.0. The molecule has 1 aliphatic carbocycles. The molecular weight excluding hydrogens is 156 g/mol. The van der Waals surface area contributed by atoms with E-state index in [1.807, 2.05) is 13.8 Å². The first-order chi connectivity index (χ1) is 5.62. The highest BCUT2D eigenvalue weighted by Gasteiger charge is 2.47. The molecule has 12 heavy (non-hydrogen) atoms. The van der Waals surface area contributed by atoms with E-state index in [4.69, 9.17) is 4.42 Å². The highest BCUT2D eigenvalue weighted by molar-refractivity contribution is 5.07. The molecule has 0 unspecified atom stereocenters. The number of rotatable bonds is 2. The molecule has 1 aliphatic rings. The summed E-state index contributed by atoms with van der Waals surface area (Å²) in [7, 11) is 0. The lowest BCUT2D eigenvalue weighted by atomic mass is 10.2. The van der Waals surface area contributed by atoms with Crippen molar-refractivity contribution in [3.05, 3.63) is 11.8 Å². The van der Waals surface area contributed by atoms with Gasteiger partial charge in [0.1, 0.15) is 5.60 Å².